The molecule has 4 heterocycles. The Labute approximate surface area is 330 Å². The molecule has 0 unspecified atom stereocenters. The van der Waals surface area contributed by atoms with Crippen molar-refractivity contribution in [2.45, 2.75) is 152 Å². The van der Waals surface area contributed by atoms with E-state index in [-0.39, 0.29) is 50.0 Å². The van der Waals surface area contributed by atoms with Gasteiger partial charge in [0.15, 0.2) is 12.6 Å². The van der Waals surface area contributed by atoms with Crippen LogP contribution in [0.3, 0.4) is 0 Å². The second-order valence-electron chi connectivity index (χ2n) is 15.1. The molecule has 4 aliphatic heterocycles. The van der Waals surface area contributed by atoms with E-state index in [0.717, 1.165) is 35.5 Å². The molecule has 4 aliphatic rings. The smallest absolute Gasteiger partial charge is 0.158 e. The lowest BCUT2D eigenvalue weighted by Gasteiger charge is -2.47. The van der Waals surface area contributed by atoms with Crippen LogP contribution < -0.4 is 9.47 Å². The van der Waals surface area contributed by atoms with Crippen molar-refractivity contribution in [3.63, 3.8) is 0 Å². The van der Waals surface area contributed by atoms with Crippen molar-refractivity contribution < 1.29 is 67.8 Å². The van der Waals surface area contributed by atoms with E-state index < -0.39 is 49.0 Å². The summed E-state index contributed by atoms with van der Waals surface area (Å²) in [6.45, 7) is 8.74. The molecule has 2 aromatic carbocycles. The predicted octanol–water partition coefficient (Wildman–Crippen LogP) is 3.82. The molecule has 0 aromatic heterocycles. The van der Waals surface area contributed by atoms with Crippen LogP contribution in [0, 0.1) is 0 Å². The van der Waals surface area contributed by atoms with Gasteiger partial charge in [-0.25, -0.2) is 0 Å². The summed E-state index contributed by atoms with van der Waals surface area (Å²) in [6, 6.07) is 15.1. The zero-order chi connectivity index (χ0) is 40.2. The number of aliphatic hydroxyl groups is 4. The van der Waals surface area contributed by atoms with Crippen molar-refractivity contribution in [3.8, 4) is 11.5 Å². The fraction of sp³-hybridized carbons (Fsp3) is 0.667. The van der Waals surface area contributed by atoms with Gasteiger partial charge in [0.1, 0.15) is 60.3 Å². The SMILES string of the molecule is COc1ccc(COC[C@H](O)[C@@H]2O[C@H]3CC[C@@H](OC(C)C)O[C@@H]3[C@H](O)[C@@H]2O)cc1.COc1ccc(COC[C@H](O)[C@H]2C=C[C@H]3O[C@H](OC(C)C)CC[C@@H]3O2)cc1. The maximum absolute atomic E-state index is 10.5. The summed E-state index contributed by atoms with van der Waals surface area (Å²) in [5.74, 6) is 1.57. The zero-order valence-corrected chi connectivity index (χ0v) is 33.4. The number of rotatable bonds is 16. The highest BCUT2D eigenvalue weighted by Gasteiger charge is 2.50. The van der Waals surface area contributed by atoms with Gasteiger partial charge in [-0.2, -0.15) is 0 Å². The molecule has 0 saturated carbocycles. The monoisotopic (exact) mass is 790 g/mol. The lowest BCUT2D eigenvalue weighted by atomic mass is 9.89. The molecule has 0 amide bonds. The second-order valence-corrected chi connectivity index (χ2v) is 15.1. The number of hydrogen-bond donors (Lipinski definition) is 4. The summed E-state index contributed by atoms with van der Waals surface area (Å²) in [6.07, 6.45) is -0.628. The molecule has 12 atom stereocenters. The van der Waals surface area contributed by atoms with Gasteiger partial charge in [0.05, 0.1) is 65.1 Å². The number of aliphatic hydroxyl groups excluding tert-OH is 4. The van der Waals surface area contributed by atoms with Gasteiger partial charge >= 0.3 is 0 Å². The molecular weight excluding hydrogens is 728 g/mol. The maximum atomic E-state index is 10.5. The highest BCUT2D eigenvalue weighted by molar-refractivity contribution is 5.27. The van der Waals surface area contributed by atoms with E-state index in [1.165, 1.54) is 0 Å². The minimum Gasteiger partial charge on any atom is -0.497 e. The Morgan fingerprint density at radius 3 is 1.66 bits per heavy atom. The van der Waals surface area contributed by atoms with Crippen molar-refractivity contribution >= 4 is 0 Å². The highest BCUT2D eigenvalue weighted by Crippen LogP contribution is 2.34. The van der Waals surface area contributed by atoms with Crippen LogP contribution in [0.2, 0.25) is 0 Å². The van der Waals surface area contributed by atoms with Crippen LogP contribution in [0.15, 0.2) is 60.7 Å². The van der Waals surface area contributed by atoms with E-state index >= 15 is 0 Å². The first-order valence-electron chi connectivity index (χ1n) is 19.7. The van der Waals surface area contributed by atoms with Gasteiger partial charge in [0.2, 0.25) is 0 Å². The summed E-state index contributed by atoms with van der Waals surface area (Å²) in [5.41, 5.74) is 1.96. The van der Waals surface area contributed by atoms with Crippen molar-refractivity contribution in [2.24, 2.45) is 0 Å². The summed E-state index contributed by atoms with van der Waals surface area (Å²) in [7, 11) is 3.24. The lowest BCUT2D eigenvalue weighted by Crippen LogP contribution is -2.64. The predicted molar refractivity (Wildman–Crippen MR) is 204 cm³/mol. The lowest BCUT2D eigenvalue weighted by molar-refractivity contribution is -0.315. The van der Waals surface area contributed by atoms with Gasteiger partial charge in [-0.3, -0.25) is 0 Å². The standard InChI is InChI=1S/C21H32O8.C21H30O6/c1-12(2)27-17-9-8-16-21(29-17)19(24)18(23)20(28-16)15(22)11-26-10-13-4-6-14(25-3)7-5-13;1-14(2)25-21-11-10-19-20(27-21)9-8-18(26-19)17(22)13-24-12-15-4-6-16(23-3)7-5-15/h4-7,12,15-24H,8-11H2,1-3H3;4-9,14,17-22H,10-13H2,1-3H3/t15-,16-,17-,18-,19+,20-,21-;17-,18+,19-,20+,21-/m00/s1. The number of methoxy groups -OCH3 is 2. The fourth-order valence-corrected chi connectivity index (χ4v) is 7.06. The Bertz CT molecular complexity index is 1440. The Morgan fingerprint density at radius 2 is 1.12 bits per heavy atom. The molecule has 3 fully saturated rings. The average molecular weight is 791 g/mol. The van der Waals surface area contributed by atoms with Crippen LogP contribution in [-0.2, 0) is 51.1 Å². The number of ether oxygens (including phenoxy) is 10. The van der Waals surface area contributed by atoms with E-state index in [1.807, 2.05) is 88.4 Å². The molecule has 6 rings (SSSR count). The molecule has 14 nitrogen and oxygen atoms in total. The van der Waals surface area contributed by atoms with Gasteiger partial charge < -0.3 is 67.8 Å². The van der Waals surface area contributed by atoms with Gasteiger partial charge in [0.25, 0.3) is 0 Å². The third-order valence-corrected chi connectivity index (χ3v) is 9.94. The highest BCUT2D eigenvalue weighted by atomic mass is 16.7. The van der Waals surface area contributed by atoms with Crippen LogP contribution in [0.1, 0.15) is 64.5 Å². The van der Waals surface area contributed by atoms with Gasteiger partial charge in [-0.1, -0.05) is 36.4 Å². The minimum atomic E-state index is -1.28. The fourth-order valence-electron chi connectivity index (χ4n) is 7.06. The van der Waals surface area contributed by atoms with Gasteiger partial charge in [0, 0.05) is 12.8 Å². The van der Waals surface area contributed by atoms with Crippen molar-refractivity contribution in [2.75, 3.05) is 27.4 Å². The van der Waals surface area contributed by atoms with E-state index in [0.29, 0.717) is 26.1 Å². The summed E-state index contributed by atoms with van der Waals surface area (Å²) in [4.78, 5) is 0. The second kappa shape index (κ2) is 21.9. The molecule has 56 heavy (non-hydrogen) atoms. The van der Waals surface area contributed by atoms with Crippen LogP contribution in [0.4, 0.5) is 0 Å². The Balaban J connectivity index is 0.000000215. The average Bonchev–Trinajstić information content (AvgIpc) is 3.19. The Kier molecular flexibility index (Phi) is 17.4. The first-order valence-corrected chi connectivity index (χ1v) is 19.7. The van der Waals surface area contributed by atoms with Crippen LogP contribution in [-0.4, -0.2) is 134 Å². The first-order chi connectivity index (χ1) is 26.9. The minimum absolute atomic E-state index is 0.000506. The molecule has 0 bridgehead atoms. The van der Waals surface area contributed by atoms with E-state index in [1.54, 1.807) is 14.2 Å². The van der Waals surface area contributed by atoms with E-state index in [4.69, 9.17) is 47.4 Å². The molecule has 0 spiro atoms. The largest absolute Gasteiger partial charge is 0.497 e. The quantitative estimate of drug-likeness (QED) is 0.181. The molecule has 0 radical (unpaired) electrons. The molecule has 4 N–H and O–H groups in total. The Morgan fingerprint density at radius 1 is 0.607 bits per heavy atom. The molecule has 14 heteroatoms. The normalized spacial score (nSPS) is 31.1. The third kappa shape index (κ3) is 12.9. The topological polar surface area (TPSA) is 173 Å². The zero-order valence-electron chi connectivity index (χ0n) is 33.4. The number of fused-ring (bicyclic) bond motifs is 2. The molecule has 2 aromatic rings. The van der Waals surface area contributed by atoms with Crippen molar-refractivity contribution in [3.05, 3.63) is 71.8 Å². The van der Waals surface area contributed by atoms with Crippen molar-refractivity contribution in [1.82, 2.24) is 0 Å². The summed E-state index contributed by atoms with van der Waals surface area (Å²) in [5, 5.41) is 41.9. The molecule has 314 valence electrons. The molecule has 3 saturated heterocycles. The van der Waals surface area contributed by atoms with E-state index in [2.05, 4.69) is 0 Å². The maximum Gasteiger partial charge on any atom is 0.158 e. The summed E-state index contributed by atoms with van der Waals surface area (Å²) < 4.78 is 56.5. The number of benzene rings is 2. The van der Waals surface area contributed by atoms with Crippen molar-refractivity contribution in [1.29, 1.82) is 0 Å². The van der Waals surface area contributed by atoms with Crippen LogP contribution >= 0.6 is 0 Å². The van der Waals surface area contributed by atoms with Crippen LogP contribution in [0.5, 0.6) is 11.5 Å². The van der Waals surface area contributed by atoms with E-state index in [9.17, 15) is 20.4 Å². The van der Waals surface area contributed by atoms with Gasteiger partial charge in [-0.15, -0.1) is 0 Å². The molecular formula is C42H62O14. The number of hydrogen-bond acceptors (Lipinski definition) is 14. The van der Waals surface area contributed by atoms with Crippen LogP contribution in [0.25, 0.3) is 0 Å². The first kappa shape index (κ1) is 44.4. The Hall–Kier alpha value is -2.70. The van der Waals surface area contributed by atoms with Gasteiger partial charge in [-0.05, 0) is 75.9 Å². The third-order valence-electron chi connectivity index (χ3n) is 9.94. The molecule has 0 aliphatic carbocycles. The summed E-state index contributed by atoms with van der Waals surface area (Å²) >= 11 is 0.